The quantitative estimate of drug-likeness (QED) is 0.843. The van der Waals surface area contributed by atoms with Gasteiger partial charge in [-0.1, -0.05) is 0 Å². The van der Waals surface area contributed by atoms with E-state index in [1.807, 2.05) is 6.92 Å². The lowest BCUT2D eigenvalue weighted by molar-refractivity contribution is 0.159. The van der Waals surface area contributed by atoms with Crippen LogP contribution in [0.1, 0.15) is 17.7 Å². The van der Waals surface area contributed by atoms with Gasteiger partial charge in [-0.05, 0) is 32.7 Å². The lowest BCUT2D eigenvalue weighted by atomic mass is 10.1. The molecule has 0 bridgehead atoms. The standard InChI is InChI=1S/C14H24N4O/c1-11-12(2)16-10-17-14(11)15-8-13-4-5-18(9-13)6-7-19-3/h10,13H,4-9H2,1-3H3,(H,15,16,17)/t13-/m0/s1. The molecule has 1 aliphatic rings. The van der Waals surface area contributed by atoms with E-state index in [1.165, 1.54) is 13.0 Å². The Hall–Kier alpha value is -1.20. The molecule has 0 radical (unpaired) electrons. The molecule has 19 heavy (non-hydrogen) atoms. The van der Waals surface area contributed by atoms with Crippen molar-refractivity contribution in [3.63, 3.8) is 0 Å². The van der Waals surface area contributed by atoms with Crippen LogP contribution in [0.3, 0.4) is 0 Å². The highest BCUT2D eigenvalue weighted by Crippen LogP contribution is 2.18. The summed E-state index contributed by atoms with van der Waals surface area (Å²) in [6.45, 7) is 9.27. The van der Waals surface area contributed by atoms with Gasteiger partial charge in [0.15, 0.2) is 0 Å². The first-order valence-electron chi connectivity index (χ1n) is 6.94. The second kappa shape index (κ2) is 6.82. The predicted octanol–water partition coefficient (Wildman–Crippen LogP) is 1.47. The number of aromatic nitrogens is 2. The summed E-state index contributed by atoms with van der Waals surface area (Å²) in [6.07, 6.45) is 2.88. The van der Waals surface area contributed by atoms with Crippen molar-refractivity contribution in [1.29, 1.82) is 0 Å². The number of aryl methyl sites for hydroxylation is 1. The molecule has 1 fully saturated rings. The average molecular weight is 264 g/mol. The first-order chi connectivity index (χ1) is 9.20. The predicted molar refractivity (Wildman–Crippen MR) is 76.4 cm³/mol. The number of nitrogens with one attached hydrogen (secondary N) is 1. The maximum atomic E-state index is 5.12. The van der Waals surface area contributed by atoms with Crippen LogP contribution < -0.4 is 5.32 Å². The summed E-state index contributed by atoms with van der Waals surface area (Å²) >= 11 is 0. The number of nitrogens with zero attached hydrogens (tertiary/aromatic N) is 3. The molecule has 5 nitrogen and oxygen atoms in total. The van der Waals surface area contributed by atoms with Gasteiger partial charge in [-0.15, -0.1) is 0 Å². The molecule has 0 saturated carbocycles. The fourth-order valence-electron chi connectivity index (χ4n) is 2.46. The van der Waals surface area contributed by atoms with Crippen LogP contribution in [0.15, 0.2) is 6.33 Å². The van der Waals surface area contributed by atoms with Gasteiger partial charge in [-0.2, -0.15) is 0 Å². The van der Waals surface area contributed by atoms with E-state index in [9.17, 15) is 0 Å². The molecule has 1 atom stereocenters. The van der Waals surface area contributed by atoms with Crippen LogP contribution in [0.2, 0.25) is 0 Å². The van der Waals surface area contributed by atoms with E-state index >= 15 is 0 Å². The van der Waals surface area contributed by atoms with Crippen molar-refractivity contribution in [2.24, 2.45) is 5.92 Å². The van der Waals surface area contributed by atoms with E-state index in [-0.39, 0.29) is 0 Å². The Morgan fingerprint density at radius 1 is 1.42 bits per heavy atom. The fourth-order valence-corrected chi connectivity index (χ4v) is 2.46. The zero-order valence-corrected chi connectivity index (χ0v) is 12.1. The van der Waals surface area contributed by atoms with E-state index in [2.05, 4.69) is 27.1 Å². The summed E-state index contributed by atoms with van der Waals surface area (Å²) in [4.78, 5) is 11.0. The largest absolute Gasteiger partial charge is 0.383 e. The molecule has 1 N–H and O–H groups in total. The molecule has 0 spiro atoms. The number of methoxy groups -OCH3 is 1. The van der Waals surface area contributed by atoms with Crippen molar-refractivity contribution in [2.75, 3.05) is 45.2 Å². The van der Waals surface area contributed by atoms with Gasteiger partial charge >= 0.3 is 0 Å². The molecular formula is C14H24N4O. The molecule has 2 rings (SSSR count). The third-order valence-corrected chi connectivity index (χ3v) is 3.88. The number of anilines is 1. The van der Waals surface area contributed by atoms with Crippen molar-refractivity contribution in [3.8, 4) is 0 Å². The summed E-state index contributed by atoms with van der Waals surface area (Å²) in [6, 6.07) is 0. The van der Waals surface area contributed by atoms with Gasteiger partial charge in [0.1, 0.15) is 12.1 Å². The highest BCUT2D eigenvalue weighted by atomic mass is 16.5. The van der Waals surface area contributed by atoms with Gasteiger partial charge in [-0.25, -0.2) is 9.97 Å². The minimum atomic E-state index is 0.700. The van der Waals surface area contributed by atoms with Crippen molar-refractivity contribution in [3.05, 3.63) is 17.6 Å². The number of hydrogen-bond donors (Lipinski definition) is 1. The lowest BCUT2D eigenvalue weighted by Gasteiger charge is -2.16. The first-order valence-corrected chi connectivity index (χ1v) is 6.94. The van der Waals surface area contributed by atoms with Gasteiger partial charge in [0.25, 0.3) is 0 Å². The van der Waals surface area contributed by atoms with Gasteiger partial charge in [-0.3, -0.25) is 0 Å². The van der Waals surface area contributed by atoms with E-state index in [0.717, 1.165) is 43.3 Å². The van der Waals surface area contributed by atoms with Crippen LogP contribution in [-0.4, -0.2) is 54.8 Å². The maximum absolute atomic E-state index is 5.12. The molecular weight excluding hydrogens is 240 g/mol. The zero-order chi connectivity index (χ0) is 13.7. The third kappa shape index (κ3) is 3.88. The van der Waals surface area contributed by atoms with Gasteiger partial charge in [0.05, 0.1) is 6.61 Å². The van der Waals surface area contributed by atoms with Crippen LogP contribution in [0.4, 0.5) is 5.82 Å². The first kappa shape index (κ1) is 14.2. The van der Waals surface area contributed by atoms with E-state index < -0.39 is 0 Å². The van der Waals surface area contributed by atoms with Crippen LogP contribution in [0.5, 0.6) is 0 Å². The van der Waals surface area contributed by atoms with Crippen molar-refractivity contribution >= 4 is 5.82 Å². The molecule has 1 saturated heterocycles. The van der Waals surface area contributed by atoms with Crippen molar-refractivity contribution in [2.45, 2.75) is 20.3 Å². The van der Waals surface area contributed by atoms with Crippen LogP contribution >= 0.6 is 0 Å². The topological polar surface area (TPSA) is 50.3 Å². The molecule has 0 aliphatic carbocycles. The number of ether oxygens (including phenoxy) is 1. The Kier molecular flexibility index (Phi) is 5.10. The van der Waals surface area contributed by atoms with Gasteiger partial charge in [0, 0.05) is 38.0 Å². The zero-order valence-electron chi connectivity index (χ0n) is 12.1. The Morgan fingerprint density at radius 2 is 2.26 bits per heavy atom. The highest BCUT2D eigenvalue weighted by Gasteiger charge is 2.22. The lowest BCUT2D eigenvalue weighted by Crippen LogP contribution is -2.26. The fraction of sp³-hybridized carbons (Fsp3) is 0.714. The normalized spacial score (nSPS) is 19.8. The number of likely N-dealkylation sites (tertiary alicyclic amines) is 1. The molecule has 0 amide bonds. The summed E-state index contributed by atoms with van der Waals surface area (Å²) in [5, 5.41) is 3.46. The molecule has 1 aromatic heterocycles. The molecule has 5 heteroatoms. The smallest absolute Gasteiger partial charge is 0.132 e. The molecule has 0 unspecified atom stereocenters. The second-order valence-electron chi connectivity index (χ2n) is 5.26. The number of rotatable bonds is 6. The monoisotopic (exact) mass is 264 g/mol. The van der Waals surface area contributed by atoms with Crippen molar-refractivity contribution < 1.29 is 4.74 Å². The maximum Gasteiger partial charge on any atom is 0.132 e. The molecule has 0 aromatic carbocycles. The van der Waals surface area contributed by atoms with Crippen molar-refractivity contribution in [1.82, 2.24) is 14.9 Å². The minimum absolute atomic E-state index is 0.700. The summed E-state index contributed by atoms with van der Waals surface area (Å²) in [7, 11) is 1.76. The minimum Gasteiger partial charge on any atom is -0.383 e. The summed E-state index contributed by atoms with van der Waals surface area (Å²) in [5.41, 5.74) is 2.20. The molecule has 106 valence electrons. The SMILES string of the molecule is COCCN1CC[C@@H](CNc2ncnc(C)c2C)C1. The number of hydrogen-bond acceptors (Lipinski definition) is 5. The average Bonchev–Trinajstić information content (AvgIpc) is 2.86. The Morgan fingerprint density at radius 3 is 3.05 bits per heavy atom. The molecule has 1 aliphatic heterocycles. The van der Waals surface area contributed by atoms with E-state index in [0.29, 0.717) is 5.92 Å². The second-order valence-corrected chi connectivity index (χ2v) is 5.26. The Labute approximate surface area is 115 Å². The third-order valence-electron chi connectivity index (χ3n) is 3.88. The summed E-state index contributed by atoms with van der Waals surface area (Å²) < 4.78 is 5.12. The Bertz CT molecular complexity index is 410. The van der Waals surface area contributed by atoms with E-state index in [1.54, 1.807) is 13.4 Å². The van der Waals surface area contributed by atoms with Gasteiger partial charge < -0.3 is 15.0 Å². The highest BCUT2D eigenvalue weighted by molar-refractivity contribution is 5.44. The van der Waals surface area contributed by atoms with E-state index in [4.69, 9.17) is 4.74 Å². The van der Waals surface area contributed by atoms with Gasteiger partial charge in [0.2, 0.25) is 0 Å². The van der Waals surface area contributed by atoms with Crippen LogP contribution in [0.25, 0.3) is 0 Å². The summed E-state index contributed by atoms with van der Waals surface area (Å²) in [5.74, 6) is 1.68. The molecule has 1 aromatic rings. The van der Waals surface area contributed by atoms with Crippen LogP contribution in [0, 0.1) is 19.8 Å². The molecule has 2 heterocycles. The Balaban J connectivity index is 1.79. The van der Waals surface area contributed by atoms with Crippen LogP contribution in [-0.2, 0) is 4.74 Å².